The number of sulfonamides is 1. The van der Waals surface area contributed by atoms with Crippen molar-refractivity contribution < 1.29 is 18.1 Å². The Morgan fingerprint density at radius 3 is 2.31 bits per heavy atom. The smallest absolute Gasteiger partial charge is 0.324 e. The minimum absolute atomic E-state index is 0.0705. The van der Waals surface area contributed by atoms with Crippen LogP contribution in [0.15, 0.2) is 42.5 Å². The number of thiophene rings is 1. The van der Waals surface area contributed by atoms with Crippen LogP contribution in [0.3, 0.4) is 0 Å². The lowest BCUT2D eigenvalue weighted by atomic mass is 10.2. The summed E-state index contributed by atoms with van der Waals surface area (Å²) >= 11 is 0.829. The Balaban J connectivity index is 1.61. The van der Waals surface area contributed by atoms with Crippen LogP contribution in [-0.2, 0) is 15.8 Å². The van der Waals surface area contributed by atoms with Crippen LogP contribution in [0.4, 0.5) is 5.00 Å². The number of hydrogen-bond acceptors (Lipinski definition) is 6. The fraction of sp³-hybridized carbons (Fsp3) is 0.312. The maximum Gasteiger partial charge on any atom is 0.324 e. The molecule has 3 rings (SSSR count). The maximum atomic E-state index is 12.5. The van der Waals surface area contributed by atoms with Gasteiger partial charge < -0.3 is 4.90 Å². The summed E-state index contributed by atoms with van der Waals surface area (Å²) in [5.41, 5.74) is 0.719. The Morgan fingerprint density at radius 1 is 1.08 bits per heavy atom. The number of amides is 1. The van der Waals surface area contributed by atoms with Gasteiger partial charge in [-0.2, -0.15) is 4.31 Å². The predicted octanol–water partition coefficient (Wildman–Crippen LogP) is 1.94. The molecule has 0 aliphatic carbocycles. The molecule has 0 saturated carbocycles. The van der Waals surface area contributed by atoms with Crippen molar-refractivity contribution in [3.05, 3.63) is 63.0 Å². The number of carbonyl (C=O) groups is 1. The zero-order chi connectivity index (χ0) is 18.7. The summed E-state index contributed by atoms with van der Waals surface area (Å²) in [7, 11) is -3.45. The van der Waals surface area contributed by atoms with Crippen molar-refractivity contribution in [2.24, 2.45) is 0 Å². The molecule has 2 aromatic rings. The molecular weight excluding hydrogens is 378 g/mol. The van der Waals surface area contributed by atoms with E-state index in [1.54, 1.807) is 24.3 Å². The van der Waals surface area contributed by atoms with Gasteiger partial charge in [-0.3, -0.25) is 14.9 Å². The van der Waals surface area contributed by atoms with Gasteiger partial charge in [-0.15, -0.1) is 0 Å². The molecule has 2 heterocycles. The van der Waals surface area contributed by atoms with Gasteiger partial charge in [0.1, 0.15) is 0 Å². The molecule has 1 saturated heterocycles. The molecule has 1 aromatic heterocycles. The molecule has 0 spiro atoms. The van der Waals surface area contributed by atoms with Crippen LogP contribution >= 0.6 is 11.3 Å². The summed E-state index contributed by atoms with van der Waals surface area (Å²) in [6.45, 7) is 0.958. The van der Waals surface area contributed by atoms with Crippen molar-refractivity contribution in [3.8, 4) is 0 Å². The van der Waals surface area contributed by atoms with Crippen molar-refractivity contribution in [2.75, 3.05) is 26.2 Å². The lowest BCUT2D eigenvalue weighted by molar-refractivity contribution is -0.380. The largest absolute Gasteiger partial charge is 0.335 e. The van der Waals surface area contributed by atoms with Gasteiger partial charge in [0.25, 0.3) is 5.91 Å². The lowest BCUT2D eigenvalue weighted by Crippen LogP contribution is -2.50. The molecule has 10 heteroatoms. The van der Waals surface area contributed by atoms with Crippen LogP contribution in [0.1, 0.15) is 15.2 Å². The van der Waals surface area contributed by atoms with E-state index in [1.807, 2.05) is 6.07 Å². The SMILES string of the molecule is O=C(c1ccc([N+](=O)[O-])s1)N1CCN(S(=O)(=O)Cc2ccccc2)CC1. The zero-order valence-electron chi connectivity index (χ0n) is 13.8. The summed E-state index contributed by atoms with van der Waals surface area (Å²) in [4.78, 5) is 24.5. The Bertz CT molecular complexity index is 903. The molecule has 138 valence electrons. The highest BCUT2D eigenvalue weighted by Crippen LogP contribution is 2.25. The van der Waals surface area contributed by atoms with Crippen molar-refractivity contribution in [2.45, 2.75) is 5.75 Å². The Labute approximate surface area is 154 Å². The van der Waals surface area contributed by atoms with Crippen LogP contribution in [0.2, 0.25) is 0 Å². The molecule has 1 aromatic carbocycles. The van der Waals surface area contributed by atoms with Gasteiger partial charge in [0.05, 0.1) is 15.6 Å². The number of piperazine rings is 1. The standard InChI is InChI=1S/C16H17N3O5S2/c20-16(14-6-7-15(25-14)19(21)22)17-8-10-18(11-9-17)26(23,24)12-13-4-2-1-3-5-13/h1-7H,8-12H2. The normalized spacial score (nSPS) is 15.8. The first-order valence-corrected chi connectivity index (χ1v) is 10.3. The molecule has 1 aliphatic rings. The fourth-order valence-electron chi connectivity index (χ4n) is 2.74. The zero-order valence-corrected chi connectivity index (χ0v) is 15.4. The molecule has 1 amide bonds. The highest BCUT2D eigenvalue weighted by Gasteiger charge is 2.30. The first kappa shape index (κ1) is 18.5. The summed E-state index contributed by atoms with van der Waals surface area (Å²) in [5.74, 6) is -0.373. The topological polar surface area (TPSA) is 101 Å². The van der Waals surface area contributed by atoms with E-state index < -0.39 is 14.9 Å². The second kappa shape index (κ2) is 7.52. The molecule has 0 radical (unpaired) electrons. The van der Waals surface area contributed by atoms with Crippen LogP contribution in [0, 0.1) is 10.1 Å². The summed E-state index contributed by atoms with van der Waals surface area (Å²) in [5, 5.41) is 10.6. The first-order chi connectivity index (χ1) is 12.4. The summed E-state index contributed by atoms with van der Waals surface area (Å²) in [6.07, 6.45) is 0. The molecule has 0 N–H and O–H groups in total. The highest BCUT2D eigenvalue weighted by molar-refractivity contribution is 7.88. The van der Waals surface area contributed by atoms with E-state index in [0.717, 1.165) is 16.9 Å². The third-order valence-corrected chi connectivity index (χ3v) is 6.97. The maximum absolute atomic E-state index is 12.5. The van der Waals surface area contributed by atoms with Gasteiger partial charge >= 0.3 is 5.00 Å². The van der Waals surface area contributed by atoms with Crippen LogP contribution < -0.4 is 0 Å². The van der Waals surface area contributed by atoms with Gasteiger partial charge in [-0.1, -0.05) is 41.7 Å². The second-order valence-corrected chi connectivity index (χ2v) is 8.86. The number of benzene rings is 1. The van der Waals surface area contributed by atoms with Crippen LogP contribution in [0.5, 0.6) is 0 Å². The molecule has 1 aliphatic heterocycles. The number of carbonyl (C=O) groups excluding carboxylic acids is 1. The monoisotopic (exact) mass is 395 g/mol. The third-order valence-electron chi connectivity index (χ3n) is 4.09. The molecule has 0 atom stereocenters. The first-order valence-electron chi connectivity index (χ1n) is 7.92. The van der Waals surface area contributed by atoms with Crippen molar-refractivity contribution in [1.82, 2.24) is 9.21 Å². The second-order valence-electron chi connectivity index (χ2n) is 5.83. The van der Waals surface area contributed by atoms with Crippen molar-refractivity contribution >= 4 is 32.3 Å². The molecule has 0 bridgehead atoms. The van der Waals surface area contributed by atoms with E-state index >= 15 is 0 Å². The fourth-order valence-corrected chi connectivity index (χ4v) is 5.05. The van der Waals surface area contributed by atoms with E-state index in [0.29, 0.717) is 0 Å². The summed E-state index contributed by atoms with van der Waals surface area (Å²) in [6, 6.07) is 11.7. The Morgan fingerprint density at radius 2 is 1.73 bits per heavy atom. The van der Waals surface area contributed by atoms with E-state index in [2.05, 4.69) is 0 Å². The van der Waals surface area contributed by atoms with E-state index in [-0.39, 0.29) is 47.7 Å². The molecule has 0 unspecified atom stereocenters. The van der Waals surface area contributed by atoms with Gasteiger partial charge in [0.15, 0.2) is 0 Å². The van der Waals surface area contributed by atoms with Gasteiger partial charge in [0, 0.05) is 32.2 Å². The molecule has 8 nitrogen and oxygen atoms in total. The molecular formula is C16H17N3O5S2. The average molecular weight is 395 g/mol. The van der Waals surface area contributed by atoms with Crippen LogP contribution in [0.25, 0.3) is 0 Å². The number of hydrogen-bond donors (Lipinski definition) is 0. The summed E-state index contributed by atoms with van der Waals surface area (Å²) < 4.78 is 26.4. The van der Waals surface area contributed by atoms with Gasteiger partial charge in [-0.25, -0.2) is 8.42 Å². The third kappa shape index (κ3) is 4.09. The molecule has 1 fully saturated rings. The average Bonchev–Trinajstić information content (AvgIpc) is 3.12. The Hall–Kier alpha value is -2.30. The quantitative estimate of drug-likeness (QED) is 0.569. The minimum Gasteiger partial charge on any atom is -0.335 e. The van der Waals surface area contributed by atoms with Crippen molar-refractivity contribution in [1.29, 1.82) is 0 Å². The minimum atomic E-state index is -3.45. The molecule has 26 heavy (non-hydrogen) atoms. The van der Waals surface area contributed by atoms with Crippen LogP contribution in [-0.4, -0.2) is 54.6 Å². The van der Waals surface area contributed by atoms with E-state index in [4.69, 9.17) is 0 Å². The predicted molar refractivity (Wildman–Crippen MR) is 97.5 cm³/mol. The van der Waals surface area contributed by atoms with E-state index in [9.17, 15) is 23.3 Å². The number of rotatable bonds is 5. The number of nitro groups is 1. The number of nitrogens with zero attached hydrogens (tertiary/aromatic N) is 3. The lowest BCUT2D eigenvalue weighted by Gasteiger charge is -2.33. The van der Waals surface area contributed by atoms with E-state index in [1.165, 1.54) is 21.3 Å². The van der Waals surface area contributed by atoms with Crippen molar-refractivity contribution in [3.63, 3.8) is 0 Å². The Kier molecular flexibility index (Phi) is 5.35. The van der Waals surface area contributed by atoms with Gasteiger partial charge in [0.2, 0.25) is 10.0 Å². The van der Waals surface area contributed by atoms with Gasteiger partial charge in [-0.05, 0) is 11.6 Å². The highest BCUT2D eigenvalue weighted by atomic mass is 32.2.